The van der Waals surface area contributed by atoms with E-state index in [9.17, 15) is 28.1 Å². The standard InChI is InChI=1S/C20H23N3O8S/c1-5-31-20(25)14-7-6-13(2)16(10-14)21-19(24)12-22(32(4,28)29)17-11-15(23(26)27)8-9-18(17)30-3/h6-11H,5,12H2,1-4H3,(H,21,24). The summed E-state index contributed by atoms with van der Waals surface area (Å²) in [4.78, 5) is 35.1. The van der Waals surface area contributed by atoms with Crippen molar-refractivity contribution in [1.29, 1.82) is 0 Å². The number of hydrogen-bond donors (Lipinski definition) is 1. The molecule has 11 nitrogen and oxygen atoms in total. The minimum atomic E-state index is -4.02. The number of anilines is 2. The number of methoxy groups -OCH3 is 1. The number of amides is 1. The Morgan fingerprint density at radius 3 is 2.44 bits per heavy atom. The largest absolute Gasteiger partial charge is 0.495 e. The van der Waals surface area contributed by atoms with Gasteiger partial charge >= 0.3 is 5.97 Å². The number of nitro benzene ring substituents is 1. The average Bonchev–Trinajstić information content (AvgIpc) is 2.72. The lowest BCUT2D eigenvalue weighted by Crippen LogP contribution is -2.37. The highest BCUT2D eigenvalue weighted by molar-refractivity contribution is 7.92. The Morgan fingerprint density at radius 2 is 1.88 bits per heavy atom. The van der Waals surface area contributed by atoms with Gasteiger partial charge in [0.15, 0.2) is 0 Å². The molecule has 2 aromatic rings. The predicted octanol–water partition coefficient (Wildman–Crippen LogP) is 2.49. The Labute approximate surface area is 185 Å². The molecule has 0 heterocycles. The van der Waals surface area contributed by atoms with E-state index in [0.717, 1.165) is 18.4 Å². The first-order valence-electron chi connectivity index (χ1n) is 9.35. The minimum absolute atomic E-state index is 0.0364. The maximum Gasteiger partial charge on any atom is 0.338 e. The molecule has 2 aromatic carbocycles. The molecule has 0 aliphatic rings. The van der Waals surface area contributed by atoms with E-state index in [4.69, 9.17) is 9.47 Å². The fourth-order valence-electron chi connectivity index (χ4n) is 2.79. The van der Waals surface area contributed by atoms with Gasteiger partial charge in [-0.1, -0.05) is 6.07 Å². The number of hydrogen-bond acceptors (Lipinski definition) is 8. The number of ether oxygens (including phenoxy) is 2. The molecule has 0 unspecified atom stereocenters. The number of nitro groups is 1. The summed E-state index contributed by atoms with van der Waals surface area (Å²) in [5.74, 6) is -1.26. The van der Waals surface area contributed by atoms with Gasteiger partial charge in [0.05, 0.1) is 30.5 Å². The third-order valence-electron chi connectivity index (χ3n) is 4.35. The summed E-state index contributed by atoms with van der Waals surface area (Å²) in [6, 6.07) is 7.99. The zero-order valence-electron chi connectivity index (χ0n) is 17.9. The van der Waals surface area contributed by atoms with Gasteiger partial charge in [0, 0.05) is 17.8 Å². The lowest BCUT2D eigenvalue weighted by atomic mass is 10.1. The number of nitrogens with one attached hydrogen (secondary N) is 1. The van der Waals surface area contributed by atoms with E-state index in [0.29, 0.717) is 15.6 Å². The second-order valence-electron chi connectivity index (χ2n) is 6.68. The molecule has 0 aromatic heterocycles. The first kappa shape index (κ1) is 24.6. The van der Waals surface area contributed by atoms with Crippen LogP contribution >= 0.6 is 0 Å². The second-order valence-corrected chi connectivity index (χ2v) is 8.59. The summed E-state index contributed by atoms with van der Waals surface area (Å²) in [6.07, 6.45) is 0.866. The lowest BCUT2D eigenvalue weighted by molar-refractivity contribution is -0.384. The Hall–Kier alpha value is -3.67. The molecule has 32 heavy (non-hydrogen) atoms. The van der Waals surface area contributed by atoms with E-state index in [-0.39, 0.29) is 29.3 Å². The van der Waals surface area contributed by atoms with Crippen molar-refractivity contribution in [2.75, 3.05) is 36.1 Å². The molecule has 12 heteroatoms. The van der Waals surface area contributed by atoms with Crippen LogP contribution in [0, 0.1) is 17.0 Å². The van der Waals surface area contributed by atoms with Crippen LogP contribution in [0.5, 0.6) is 5.75 Å². The van der Waals surface area contributed by atoms with Crippen LogP contribution in [0.4, 0.5) is 17.1 Å². The van der Waals surface area contributed by atoms with Crippen molar-refractivity contribution in [1.82, 2.24) is 0 Å². The highest BCUT2D eigenvalue weighted by Gasteiger charge is 2.26. The number of sulfonamides is 1. The Kier molecular flexibility index (Phi) is 7.76. The van der Waals surface area contributed by atoms with Gasteiger partial charge in [-0.25, -0.2) is 13.2 Å². The van der Waals surface area contributed by atoms with E-state index in [2.05, 4.69) is 5.32 Å². The Balaban J connectivity index is 2.37. The van der Waals surface area contributed by atoms with Crippen LogP contribution < -0.4 is 14.4 Å². The molecule has 1 N–H and O–H groups in total. The van der Waals surface area contributed by atoms with Crippen molar-refractivity contribution in [3.05, 3.63) is 57.6 Å². The summed E-state index contributed by atoms with van der Waals surface area (Å²) < 4.78 is 35.6. The van der Waals surface area contributed by atoms with Crippen molar-refractivity contribution in [3.63, 3.8) is 0 Å². The molecule has 0 aliphatic carbocycles. The van der Waals surface area contributed by atoms with Gasteiger partial charge in [0.2, 0.25) is 15.9 Å². The molecule has 1 amide bonds. The van der Waals surface area contributed by atoms with Gasteiger partial charge in [-0.05, 0) is 37.6 Å². The zero-order chi connectivity index (χ0) is 24.1. The van der Waals surface area contributed by atoms with Crippen molar-refractivity contribution in [2.45, 2.75) is 13.8 Å². The minimum Gasteiger partial charge on any atom is -0.495 e. The molecule has 0 aliphatic heterocycles. The Morgan fingerprint density at radius 1 is 1.19 bits per heavy atom. The molecular weight excluding hydrogens is 442 g/mol. The van der Waals surface area contributed by atoms with Gasteiger partial charge in [0.1, 0.15) is 18.0 Å². The van der Waals surface area contributed by atoms with Crippen LogP contribution in [0.15, 0.2) is 36.4 Å². The van der Waals surface area contributed by atoms with Crippen LogP contribution in [0.3, 0.4) is 0 Å². The van der Waals surface area contributed by atoms with Crippen molar-refractivity contribution in [3.8, 4) is 5.75 Å². The van der Waals surface area contributed by atoms with Gasteiger partial charge < -0.3 is 14.8 Å². The number of non-ortho nitro benzene ring substituents is 1. The number of carbonyl (C=O) groups excluding carboxylic acids is 2. The first-order chi connectivity index (χ1) is 15.0. The molecule has 0 fully saturated rings. The smallest absolute Gasteiger partial charge is 0.338 e. The van der Waals surface area contributed by atoms with Gasteiger partial charge in [-0.3, -0.25) is 19.2 Å². The molecular formula is C20H23N3O8S. The summed E-state index contributed by atoms with van der Waals surface area (Å²) >= 11 is 0. The maximum absolute atomic E-state index is 12.7. The van der Waals surface area contributed by atoms with E-state index in [1.54, 1.807) is 26.0 Å². The summed E-state index contributed by atoms with van der Waals surface area (Å²) in [7, 11) is -2.75. The number of esters is 1. The third kappa shape index (κ3) is 5.94. The van der Waals surface area contributed by atoms with Crippen LogP contribution in [0.1, 0.15) is 22.8 Å². The lowest BCUT2D eigenvalue weighted by Gasteiger charge is -2.23. The fourth-order valence-corrected chi connectivity index (χ4v) is 3.64. The van der Waals surface area contributed by atoms with Crippen molar-refractivity contribution < 1.29 is 32.4 Å². The molecule has 172 valence electrons. The molecule has 0 spiro atoms. The summed E-state index contributed by atoms with van der Waals surface area (Å²) in [5.41, 5.74) is 0.613. The SMILES string of the molecule is CCOC(=O)c1ccc(C)c(NC(=O)CN(c2cc([N+](=O)[O-])ccc2OC)S(C)(=O)=O)c1. The van der Waals surface area contributed by atoms with E-state index < -0.39 is 33.4 Å². The highest BCUT2D eigenvalue weighted by atomic mass is 32.2. The van der Waals surface area contributed by atoms with Crippen LogP contribution in [-0.2, 0) is 19.6 Å². The predicted molar refractivity (Wildman–Crippen MR) is 118 cm³/mol. The normalized spacial score (nSPS) is 10.9. The average molecular weight is 465 g/mol. The van der Waals surface area contributed by atoms with Crippen LogP contribution in [-0.4, -0.2) is 51.7 Å². The number of rotatable bonds is 9. The molecule has 0 saturated carbocycles. The first-order valence-corrected chi connectivity index (χ1v) is 11.2. The second kappa shape index (κ2) is 10.1. The van der Waals surface area contributed by atoms with E-state index in [1.807, 2.05) is 0 Å². The highest BCUT2D eigenvalue weighted by Crippen LogP contribution is 2.33. The molecule has 0 saturated heterocycles. The number of aryl methyl sites for hydroxylation is 1. The summed E-state index contributed by atoms with van der Waals surface area (Å²) in [5, 5.41) is 13.7. The third-order valence-corrected chi connectivity index (χ3v) is 5.48. The summed E-state index contributed by atoms with van der Waals surface area (Å²) in [6.45, 7) is 2.86. The monoisotopic (exact) mass is 465 g/mol. The van der Waals surface area contributed by atoms with Crippen molar-refractivity contribution >= 4 is 39.0 Å². The topological polar surface area (TPSA) is 145 Å². The van der Waals surface area contributed by atoms with Gasteiger partial charge in [-0.2, -0.15) is 0 Å². The number of carbonyl (C=O) groups is 2. The van der Waals surface area contributed by atoms with E-state index >= 15 is 0 Å². The Bertz CT molecular complexity index is 1150. The molecule has 0 radical (unpaired) electrons. The van der Waals surface area contributed by atoms with E-state index in [1.165, 1.54) is 19.2 Å². The molecule has 2 rings (SSSR count). The van der Waals surface area contributed by atoms with Crippen LogP contribution in [0.25, 0.3) is 0 Å². The number of nitrogens with zero attached hydrogens (tertiary/aromatic N) is 2. The maximum atomic E-state index is 12.7. The van der Waals surface area contributed by atoms with Crippen LogP contribution in [0.2, 0.25) is 0 Å². The van der Waals surface area contributed by atoms with Gasteiger partial charge in [0.25, 0.3) is 5.69 Å². The fraction of sp³-hybridized carbons (Fsp3) is 0.300. The molecule has 0 bridgehead atoms. The van der Waals surface area contributed by atoms with Crippen molar-refractivity contribution in [2.24, 2.45) is 0 Å². The number of benzene rings is 2. The van der Waals surface area contributed by atoms with Gasteiger partial charge in [-0.15, -0.1) is 0 Å². The molecule has 0 atom stereocenters. The quantitative estimate of drug-likeness (QED) is 0.338. The zero-order valence-corrected chi connectivity index (χ0v) is 18.8.